The number of para-hydroxylation sites is 1. The number of nitrogens with one attached hydrogen (secondary N) is 1. The number of aryl methyl sites for hydroxylation is 1. The zero-order valence-corrected chi connectivity index (χ0v) is 15.8. The normalized spacial score (nSPS) is 14.2. The lowest BCUT2D eigenvalue weighted by molar-refractivity contribution is -0.120. The minimum atomic E-state index is -0.0992. The number of anilines is 2. The molecule has 10 heteroatoms. The van der Waals surface area contributed by atoms with Crippen molar-refractivity contribution >= 4 is 38.4 Å². The number of thiazole rings is 1. The predicted octanol–water partition coefficient (Wildman–Crippen LogP) is 2.05. The van der Waals surface area contributed by atoms with Crippen LogP contribution in [0.5, 0.6) is 0 Å². The summed E-state index contributed by atoms with van der Waals surface area (Å²) >= 11 is 1.50. The summed E-state index contributed by atoms with van der Waals surface area (Å²) in [7, 11) is 0. The van der Waals surface area contributed by atoms with Gasteiger partial charge in [-0.3, -0.25) is 4.79 Å². The maximum Gasteiger partial charge on any atom is 0.232 e. The number of fused-ring (bicyclic) bond motifs is 1. The number of hydrogen-bond acceptors (Lipinski definition) is 8. The molecule has 1 N–H and O–H groups in total. The Morgan fingerprint density at radius 1 is 1.21 bits per heavy atom. The van der Waals surface area contributed by atoms with Crippen LogP contribution in [0.1, 0.15) is 5.56 Å². The van der Waals surface area contributed by atoms with Gasteiger partial charge < -0.3 is 10.2 Å². The monoisotopic (exact) mass is 392 g/mol. The highest BCUT2D eigenvalue weighted by molar-refractivity contribution is 7.22. The van der Waals surface area contributed by atoms with Crippen LogP contribution >= 0.6 is 11.3 Å². The Hall–Kier alpha value is -3.40. The lowest BCUT2D eigenvalue weighted by Crippen LogP contribution is -2.52. The highest BCUT2D eigenvalue weighted by Crippen LogP contribution is 2.29. The molecule has 140 valence electrons. The van der Waals surface area contributed by atoms with Crippen LogP contribution in [0.15, 0.2) is 43.2 Å². The van der Waals surface area contributed by atoms with Crippen LogP contribution in [0.3, 0.4) is 0 Å². The standard InChI is InChI=1S/C18H16N8OS/c1-11-3-2-4-13-16(11)23-18(28-13)24-17(27)12-6-25(7-12)14-5-15(21-9-20-14)26-10-19-8-22-26/h2-5,8-10,12H,6-7H2,1H3,(H,23,24,27). The van der Waals surface area contributed by atoms with Gasteiger partial charge >= 0.3 is 0 Å². The molecule has 1 aromatic carbocycles. The third-order valence-electron chi connectivity index (χ3n) is 4.72. The molecule has 0 aliphatic carbocycles. The Labute approximate surface area is 164 Å². The zero-order chi connectivity index (χ0) is 19.1. The quantitative estimate of drug-likeness (QED) is 0.567. The van der Waals surface area contributed by atoms with Gasteiger partial charge in [0.25, 0.3) is 0 Å². The fourth-order valence-electron chi connectivity index (χ4n) is 3.14. The van der Waals surface area contributed by atoms with E-state index >= 15 is 0 Å². The van der Waals surface area contributed by atoms with Gasteiger partial charge in [-0.05, 0) is 18.6 Å². The van der Waals surface area contributed by atoms with Gasteiger partial charge in [0, 0.05) is 19.2 Å². The van der Waals surface area contributed by atoms with Gasteiger partial charge in [0.05, 0.1) is 16.1 Å². The molecule has 1 fully saturated rings. The number of hydrogen-bond donors (Lipinski definition) is 1. The smallest absolute Gasteiger partial charge is 0.232 e. The predicted molar refractivity (Wildman–Crippen MR) is 106 cm³/mol. The second-order valence-corrected chi connectivity index (χ2v) is 7.64. The van der Waals surface area contributed by atoms with Gasteiger partial charge in [0.1, 0.15) is 24.8 Å². The number of carbonyl (C=O) groups excluding carboxylic acids is 1. The van der Waals surface area contributed by atoms with Crippen molar-refractivity contribution in [3.8, 4) is 5.82 Å². The number of rotatable bonds is 4. The van der Waals surface area contributed by atoms with Crippen molar-refractivity contribution < 1.29 is 4.79 Å². The van der Waals surface area contributed by atoms with Gasteiger partial charge in [0.15, 0.2) is 10.9 Å². The summed E-state index contributed by atoms with van der Waals surface area (Å²) in [5, 5.41) is 7.67. The van der Waals surface area contributed by atoms with Crippen molar-refractivity contribution in [3.63, 3.8) is 0 Å². The molecule has 3 aromatic heterocycles. The highest BCUT2D eigenvalue weighted by atomic mass is 32.1. The lowest BCUT2D eigenvalue weighted by atomic mass is 9.99. The lowest BCUT2D eigenvalue weighted by Gasteiger charge is -2.38. The molecule has 0 saturated carbocycles. The number of benzene rings is 1. The number of amides is 1. The first-order valence-corrected chi connectivity index (χ1v) is 9.58. The van der Waals surface area contributed by atoms with E-state index in [9.17, 15) is 4.79 Å². The summed E-state index contributed by atoms with van der Waals surface area (Å²) in [4.78, 5) is 31.6. The molecule has 1 aliphatic rings. The molecular formula is C18H16N8OS. The zero-order valence-electron chi connectivity index (χ0n) is 15.0. The minimum Gasteiger partial charge on any atom is -0.355 e. The van der Waals surface area contributed by atoms with Crippen molar-refractivity contribution in [1.29, 1.82) is 0 Å². The number of aromatic nitrogens is 6. The Balaban J connectivity index is 1.24. The fraction of sp³-hybridized carbons (Fsp3) is 0.222. The van der Waals surface area contributed by atoms with Crippen molar-refractivity contribution in [1.82, 2.24) is 29.7 Å². The summed E-state index contributed by atoms with van der Waals surface area (Å²) < 4.78 is 2.65. The molecule has 0 bridgehead atoms. The average Bonchev–Trinajstić information content (AvgIpc) is 3.31. The SMILES string of the molecule is Cc1cccc2sc(NC(=O)C3CN(c4cc(-n5cncn5)ncn4)C3)nc12. The van der Waals surface area contributed by atoms with E-state index < -0.39 is 0 Å². The molecule has 4 aromatic rings. The third-order valence-corrected chi connectivity index (χ3v) is 5.65. The van der Waals surface area contributed by atoms with Crippen molar-refractivity contribution in [3.05, 3.63) is 48.8 Å². The Morgan fingerprint density at radius 3 is 2.86 bits per heavy atom. The molecule has 28 heavy (non-hydrogen) atoms. The van der Waals surface area contributed by atoms with Crippen LogP contribution in [0, 0.1) is 12.8 Å². The van der Waals surface area contributed by atoms with E-state index in [2.05, 4.69) is 30.4 Å². The number of nitrogens with zero attached hydrogens (tertiary/aromatic N) is 7. The van der Waals surface area contributed by atoms with Crippen LogP contribution in [0.25, 0.3) is 16.0 Å². The second kappa shape index (κ2) is 6.64. The molecule has 0 unspecified atom stereocenters. The highest BCUT2D eigenvalue weighted by Gasteiger charge is 2.34. The molecule has 1 saturated heterocycles. The molecular weight excluding hydrogens is 376 g/mol. The topological polar surface area (TPSA) is 102 Å². The van der Waals surface area contributed by atoms with E-state index in [0.717, 1.165) is 21.6 Å². The Morgan fingerprint density at radius 2 is 2.07 bits per heavy atom. The number of carbonyl (C=O) groups is 1. The maximum atomic E-state index is 12.6. The van der Waals surface area contributed by atoms with E-state index in [4.69, 9.17) is 0 Å². The first-order valence-electron chi connectivity index (χ1n) is 8.76. The molecule has 1 amide bonds. The summed E-state index contributed by atoms with van der Waals surface area (Å²) in [5.74, 6) is 1.29. The molecule has 0 radical (unpaired) electrons. The molecule has 5 rings (SSSR count). The molecule has 9 nitrogen and oxygen atoms in total. The molecule has 4 heterocycles. The van der Waals surface area contributed by atoms with Crippen molar-refractivity contribution in [2.75, 3.05) is 23.3 Å². The summed E-state index contributed by atoms with van der Waals surface area (Å²) in [5.41, 5.74) is 2.05. The Kier molecular flexibility index (Phi) is 3.97. The third kappa shape index (κ3) is 2.97. The van der Waals surface area contributed by atoms with Gasteiger partial charge in [-0.25, -0.2) is 24.6 Å². The van der Waals surface area contributed by atoms with E-state index in [1.165, 1.54) is 24.0 Å². The van der Waals surface area contributed by atoms with Crippen LogP contribution in [-0.4, -0.2) is 48.7 Å². The first kappa shape index (κ1) is 16.8. The average molecular weight is 392 g/mol. The first-order chi connectivity index (χ1) is 13.7. The summed E-state index contributed by atoms with van der Waals surface area (Å²) in [6.07, 6.45) is 4.52. The van der Waals surface area contributed by atoms with Crippen LogP contribution in [-0.2, 0) is 4.79 Å². The van der Waals surface area contributed by atoms with Gasteiger partial charge in [-0.15, -0.1) is 0 Å². The second-order valence-electron chi connectivity index (χ2n) is 6.61. The minimum absolute atomic E-state index is 0.0153. The van der Waals surface area contributed by atoms with Crippen LogP contribution in [0.2, 0.25) is 0 Å². The van der Waals surface area contributed by atoms with E-state index in [0.29, 0.717) is 24.0 Å². The van der Waals surface area contributed by atoms with Gasteiger partial charge in [-0.2, -0.15) is 5.10 Å². The van der Waals surface area contributed by atoms with E-state index in [1.54, 1.807) is 11.0 Å². The summed E-state index contributed by atoms with van der Waals surface area (Å²) in [6, 6.07) is 7.87. The van der Waals surface area contributed by atoms with Crippen LogP contribution < -0.4 is 10.2 Å². The van der Waals surface area contributed by atoms with E-state index in [-0.39, 0.29) is 11.8 Å². The molecule has 1 aliphatic heterocycles. The van der Waals surface area contributed by atoms with Crippen molar-refractivity contribution in [2.45, 2.75) is 6.92 Å². The largest absolute Gasteiger partial charge is 0.355 e. The maximum absolute atomic E-state index is 12.6. The summed E-state index contributed by atoms with van der Waals surface area (Å²) in [6.45, 7) is 3.22. The van der Waals surface area contributed by atoms with Crippen molar-refractivity contribution in [2.24, 2.45) is 5.92 Å². The fourth-order valence-corrected chi connectivity index (χ4v) is 4.09. The van der Waals surface area contributed by atoms with E-state index in [1.807, 2.05) is 36.1 Å². The molecule has 0 spiro atoms. The van der Waals surface area contributed by atoms with Gasteiger partial charge in [0.2, 0.25) is 5.91 Å². The van der Waals surface area contributed by atoms with Crippen LogP contribution in [0.4, 0.5) is 10.9 Å². The van der Waals surface area contributed by atoms with Gasteiger partial charge in [-0.1, -0.05) is 23.5 Å². The molecule has 0 atom stereocenters. The Bertz CT molecular complexity index is 1150.